The van der Waals surface area contributed by atoms with Crippen molar-refractivity contribution < 1.29 is 14.0 Å². The van der Waals surface area contributed by atoms with Gasteiger partial charge in [0, 0.05) is 7.05 Å². The molecular formula is C18H23FN4O2. The van der Waals surface area contributed by atoms with Gasteiger partial charge in [-0.3, -0.25) is 9.59 Å². The Kier molecular flexibility index (Phi) is 5.90. The minimum Gasteiger partial charge on any atom is -0.357 e. The summed E-state index contributed by atoms with van der Waals surface area (Å²) in [5.41, 5.74) is 1.08. The van der Waals surface area contributed by atoms with Crippen LogP contribution in [-0.2, 0) is 4.79 Å². The molecule has 2 N–H and O–H groups in total. The van der Waals surface area contributed by atoms with Gasteiger partial charge in [0.05, 0.1) is 17.5 Å². The third-order valence-corrected chi connectivity index (χ3v) is 3.91. The Bertz CT molecular complexity index is 770. The highest BCUT2D eigenvalue weighted by atomic mass is 19.1. The third kappa shape index (κ3) is 4.23. The van der Waals surface area contributed by atoms with Gasteiger partial charge in [0.1, 0.15) is 17.5 Å². The fourth-order valence-corrected chi connectivity index (χ4v) is 2.61. The maximum absolute atomic E-state index is 14.0. The topological polar surface area (TPSA) is 76.0 Å². The third-order valence-electron chi connectivity index (χ3n) is 3.91. The average Bonchev–Trinajstić information content (AvgIpc) is 2.95. The van der Waals surface area contributed by atoms with Gasteiger partial charge in [0.25, 0.3) is 5.91 Å². The Morgan fingerprint density at radius 2 is 1.96 bits per heavy atom. The van der Waals surface area contributed by atoms with Crippen molar-refractivity contribution in [1.29, 1.82) is 0 Å². The quantitative estimate of drug-likeness (QED) is 0.842. The number of carbonyl (C=O) groups excluding carboxylic acids is 2. The molecule has 0 unspecified atom stereocenters. The summed E-state index contributed by atoms with van der Waals surface area (Å²) in [6.45, 7) is 5.64. The molecule has 134 valence electrons. The first-order valence-electron chi connectivity index (χ1n) is 8.17. The van der Waals surface area contributed by atoms with Crippen molar-refractivity contribution in [2.75, 3.05) is 7.05 Å². The molecule has 2 aromatic rings. The van der Waals surface area contributed by atoms with E-state index in [2.05, 4.69) is 15.7 Å². The minimum atomic E-state index is -0.631. The SMILES string of the molecule is CNC(=O)[C@@H](CC(C)C)NC(=O)c1cnn(-c2ccccc2F)c1C. The first kappa shape index (κ1) is 18.6. The summed E-state index contributed by atoms with van der Waals surface area (Å²) in [4.78, 5) is 24.5. The Labute approximate surface area is 146 Å². The van der Waals surface area contributed by atoms with Gasteiger partial charge in [0.2, 0.25) is 5.91 Å². The van der Waals surface area contributed by atoms with Crippen molar-refractivity contribution in [3.05, 3.63) is 47.5 Å². The standard InChI is InChI=1S/C18H23FN4O2/c1-11(2)9-15(18(25)20-4)22-17(24)13-10-21-23(12(13)3)16-8-6-5-7-14(16)19/h5-8,10-11,15H,9H2,1-4H3,(H,20,25)(H,22,24)/t15-/m1/s1. The Morgan fingerprint density at radius 1 is 1.28 bits per heavy atom. The fourth-order valence-electron chi connectivity index (χ4n) is 2.61. The fraction of sp³-hybridized carbons (Fsp3) is 0.389. The number of hydrogen-bond donors (Lipinski definition) is 2. The van der Waals surface area contributed by atoms with Crippen molar-refractivity contribution >= 4 is 11.8 Å². The van der Waals surface area contributed by atoms with Gasteiger partial charge in [-0.05, 0) is 31.4 Å². The van der Waals surface area contributed by atoms with E-state index >= 15 is 0 Å². The van der Waals surface area contributed by atoms with Crippen LogP contribution in [0.5, 0.6) is 0 Å². The van der Waals surface area contributed by atoms with E-state index < -0.39 is 17.8 Å². The number of para-hydroxylation sites is 1. The molecule has 0 aliphatic carbocycles. The van der Waals surface area contributed by atoms with E-state index in [0.717, 1.165) is 0 Å². The molecular weight excluding hydrogens is 323 g/mol. The van der Waals surface area contributed by atoms with Gasteiger partial charge in [0.15, 0.2) is 0 Å². The summed E-state index contributed by atoms with van der Waals surface area (Å²) in [5.74, 6) is -0.843. The Balaban J connectivity index is 2.25. The molecule has 1 heterocycles. The van der Waals surface area contributed by atoms with E-state index in [1.807, 2.05) is 13.8 Å². The molecule has 7 heteroatoms. The van der Waals surface area contributed by atoms with E-state index in [0.29, 0.717) is 17.7 Å². The molecule has 0 aliphatic rings. The maximum atomic E-state index is 14.0. The molecule has 2 amide bonds. The molecule has 1 atom stereocenters. The van der Waals surface area contributed by atoms with Crippen molar-refractivity contribution in [3.63, 3.8) is 0 Å². The normalized spacial score (nSPS) is 12.1. The maximum Gasteiger partial charge on any atom is 0.255 e. The summed E-state index contributed by atoms with van der Waals surface area (Å²) in [6.07, 6.45) is 1.90. The van der Waals surface area contributed by atoms with E-state index in [4.69, 9.17) is 0 Å². The van der Waals surface area contributed by atoms with E-state index in [1.54, 1.807) is 25.1 Å². The molecule has 0 radical (unpaired) electrons. The number of halogens is 1. The summed E-state index contributed by atoms with van der Waals surface area (Å²) in [6, 6.07) is 5.58. The highest BCUT2D eigenvalue weighted by molar-refractivity contribution is 5.98. The van der Waals surface area contributed by atoms with E-state index in [9.17, 15) is 14.0 Å². The number of nitrogens with one attached hydrogen (secondary N) is 2. The first-order chi connectivity index (χ1) is 11.8. The second-order valence-corrected chi connectivity index (χ2v) is 6.28. The largest absolute Gasteiger partial charge is 0.357 e. The number of carbonyl (C=O) groups is 2. The highest BCUT2D eigenvalue weighted by Crippen LogP contribution is 2.17. The molecule has 0 fully saturated rings. The lowest BCUT2D eigenvalue weighted by Gasteiger charge is -2.19. The monoisotopic (exact) mass is 346 g/mol. The zero-order chi connectivity index (χ0) is 18.6. The van der Waals surface area contributed by atoms with Crippen LogP contribution in [0.4, 0.5) is 4.39 Å². The molecule has 0 bridgehead atoms. The predicted molar refractivity (Wildman–Crippen MR) is 93.0 cm³/mol. The average molecular weight is 346 g/mol. The number of likely N-dealkylation sites (N-methyl/N-ethyl adjacent to an activating group) is 1. The van der Waals surface area contributed by atoms with Crippen molar-refractivity contribution in [2.24, 2.45) is 5.92 Å². The first-order valence-corrected chi connectivity index (χ1v) is 8.17. The number of nitrogens with zero attached hydrogens (tertiary/aromatic N) is 2. The van der Waals surface area contributed by atoms with Crippen LogP contribution in [0.2, 0.25) is 0 Å². The van der Waals surface area contributed by atoms with Gasteiger partial charge in [-0.25, -0.2) is 9.07 Å². The van der Waals surface area contributed by atoms with Crippen LogP contribution < -0.4 is 10.6 Å². The van der Waals surface area contributed by atoms with Crippen LogP contribution in [-0.4, -0.2) is 34.7 Å². The number of aromatic nitrogens is 2. The molecule has 6 nitrogen and oxygen atoms in total. The van der Waals surface area contributed by atoms with Crippen LogP contribution in [0.1, 0.15) is 36.3 Å². The van der Waals surface area contributed by atoms with Crippen molar-refractivity contribution in [1.82, 2.24) is 20.4 Å². The van der Waals surface area contributed by atoms with Gasteiger partial charge < -0.3 is 10.6 Å². The molecule has 0 aliphatic heterocycles. The molecule has 0 saturated heterocycles. The van der Waals surface area contributed by atoms with Crippen LogP contribution in [0, 0.1) is 18.7 Å². The lowest BCUT2D eigenvalue weighted by Crippen LogP contribution is -2.46. The van der Waals surface area contributed by atoms with Gasteiger partial charge in [-0.15, -0.1) is 0 Å². The number of hydrogen-bond acceptors (Lipinski definition) is 3. The molecule has 25 heavy (non-hydrogen) atoms. The number of benzene rings is 1. The van der Waals surface area contributed by atoms with E-state index in [-0.39, 0.29) is 17.5 Å². The van der Waals surface area contributed by atoms with Crippen molar-refractivity contribution in [2.45, 2.75) is 33.2 Å². The number of amides is 2. The lowest BCUT2D eigenvalue weighted by molar-refractivity contribution is -0.122. The van der Waals surface area contributed by atoms with Gasteiger partial charge >= 0.3 is 0 Å². The smallest absolute Gasteiger partial charge is 0.255 e. The highest BCUT2D eigenvalue weighted by Gasteiger charge is 2.24. The molecule has 1 aromatic heterocycles. The molecule has 0 spiro atoms. The Morgan fingerprint density at radius 3 is 2.56 bits per heavy atom. The van der Waals surface area contributed by atoms with Crippen LogP contribution in [0.3, 0.4) is 0 Å². The van der Waals surface area contributed by atoms with Gasteiger partial charge in [-0.1, -0.05) is 26.0 Å². The lowest BCUT2D eigenvalue weighted by atomic mass is 10.0. The number of rotatable bonds is 6. The Hall–Kier alpha value is -2.70. The molecule has 0 saturated carbocycles. The van der Waals surface area contributed by atoms with Crippen LogP contribution in [0.15, 0.2) is 30.5 Å². The van der Waals surface area contributed by atoms with Gasteiger partial charge in [-0.2, -0.15) is 5.10 Å². The molecule has 1 aromatic carbocycles. The zero-order valence-electron chi connectivity index (χ0n) is 14.8. The van der Waals surface area contributed by atoms with Crippen LogP contribution >= 0.6 is 0 Å². The second kappa shape index (κ2) is 7.92. The molecule has 2 rings (SSSR count). The summed E-state index contributed by atoms with van der Waals surface area (Å²) in [5, 5.41) is 9.41. The summed E-state index contributed by atoms with van der Waals surface area (Å²) >= 11 is 0. The van der Waals surface area contributed by atoms with Crippen LogP contribution in [0.25, 0.3) is 5.69 Å². The predicted octanol–water partition coefficient (Wildman–Crippen LogP) is 2.21. The van der Waals surface area contributed by atoms with E-state index in [1.165, 1.54) is 24.0 Å². The zero-order valence-corrected chi connectivity index (χ0v) is 14.8. The summed E-state index contributed by atoms with van der Waals surface area (Å²) in [7, 11) is 1.53. The minimum absolute atomic E-state index is 0.241. The van der Waals surface area contributed by atoms with Crippen molar-refractivity contribution in [3.8, 4) is 5.69 Å². The summed E-state index contributed by atoms with van der Waals surface area (Å²) < 4.78 is 15.3. The second-order valence-electron chi connectivity index (χ2n) is 6.28.